The standard InChI is InChI=1S/C18H21Cl2N3O2S/c1-2-22-9-11-23(12-10-22)18-8-5-15(20)13-17(18)21-26(24,25)16-6-3-14(19)4-7-16/h3-8,13,21H,2,9-12H2,1H3/p+1. The molecule has 3 rings (SSSR count). The Morgan fingerprint density at radius 1 is 1.04 bits per heavy atom. The number of hydrogen-bond acceptors (Lipinski definition) is 3. The fourth-order valence-electron chi connectivity index (χ4n) is 3.10. The van der Waals surface area contributed by atoms with Gasteiger partial charge in [-0.05, 0) is 49.4 Å². The predicted octanol–water partition coefficient (Wildman–Crippen LogP) is 2.52. The van der Waals surface area contributed by atoms with Crippen LogP contribution in [0.4, 0.5) is 11.4 Å². The van der Waals surface area contributed by atoms with Crippen LogP contribution in [0, 0.1) is 0 Å². The molecule has 2 N–H and O–H groups in total. The largest absolute Gasteiger partial charge is 0.359 e. The number of sulfonamides is 1. The highest BCUT2D eigenvalue weighted by Crippen LogP contribution is 2.31. The molecular formula is C18H22Cl2N3O2S+. The summed E-state index contributed by atoms with van der Waals surface area (Å²) in [6.07, 6.45) is 0. The van der Waals surface area contributed by atoms with Gasteiger partial charge in [-0.2, -0.15) is 0 Å². The molecule has 0 unspecified atom stereocenters. The third kappa shape index (κ3) is 4.43. The molecule has 140 valence electrons. The summed E-state index contributed by atoms with van der Waals surface area (Å²) in [5, 5.41) is 0.976. The van der Waals surface area contributed by atoms with E-state index in [9.17, 15) is 8.42 Å². The van der Waals surface area contributed by atoms with Crippen molar-refractivity contribution < 1.29 is 13.3 Å². The van der Waals surface area contributed by atoms with E-state index in [0.717, 1.165) is 38.4 Å². The van der Waals surface area contributed by atoms with Gasteiger partial charge in [0, 0.05) is 10.0 Å². The van der Waals surface area contributed by atoms with E-state index in [4.69, 9.17) is 23.2 Å². The van der Waals surface area contributed by atoms with Gasteiger partial charge in [-0.25, -0.2) is 8.42 Å². The number of hydrogen-bond donors (Lipinski definition) is 2. The molecule has 0 atom stereocenters. The molecule has 1 aliphatic heterocycles. The average Bonchev–Trinajstić information content (AvgIpc) is 2.62. The number of piperazine rings is 1. The lowest BCUT2D eigenvalue weighted by Crippen LogP contribution is -3.14. The molecule has 0 aromatic heterocycles. The van der Waals surface area contributed by atoms with E-state index in [1.807, 2.05) is 6.07 Å². The Hall–Kier alpha value is -1.47. The van der Waals surface area contributed by atoms with Crippen LogP contribution >= 0.6 is 23.2 Å². The molecule has 1 fully saturated rings. The molecule has 26 heavy (non-hydrogen) atoms. The molecule has 0 aliphatic carbocycles. The number of nitrogens with zero attached hydrogens (tertiary/aromatic N) is 1. The van der Waals surface area contributed by atoms with Crippen molar-refractivity contribution >= 4 is 44.6 Å². The highest BCUT2D eigenvalue weighted by atomic mass is 35.5. The zero-order chi connectivity index (χ0) is 18.7. The van der Waals surface area contributed by atoms with Crippen LogP contribution in [-0.4, -0.2) is 41.1 Å². The van der Waals surface area contributed by atoms with E-state index >= 15 is 0 Å². The first-order chi connectivity index (χ1) is 12.4. The Bertz CT molecular complexity index is 865. The van der Waals surface area contributed by atoms with Crippen LogP contribution in [0.1, 0.15) is 6.92 Å². The molecule has 2 aromatic rings. The fraction of sp³-hybridized carbons (Fsp3) is 0.333. The summed E-state index contributed by atoms with van der Waals surface area (Å²) in [7, 11) is -3.72. The molecule has 1 saturated heterocycles. The molecule has 0 saturated carbocycles. The van der Waals surface area contributed by atoms with E-state index in [2.05, 4.69) is 16.5 Å². The quantitative estimate of drug-likeness (QED) is 0.789. The van der Waals surface area contributed by atoms with Gasteiger partial charge in [0.1, 0.15) is 0 Å². The summed E-state index contributed by atoms with van der Waals surface area (Å²) in [5.74, 6) is 0. The van der Waals surface area contributed by atoms with Crippen molar-refractivity contribution in [3.63, 3.8) is 0 Å². The monoisotopic (exact) mass is 414 g/mol. The van der Waals surface area contributed by atoms with Crippen molar-refractivity contribution in [1.29, 1.82) is 0 Å². The molecule has 1 aliphatic rings. The zero-order valence-electron chi connectivity index (χ0n) is 14.5. The molecule has 0 radical (unpaired) electrons. The lowest BCUT2D eigenvalue weighted by molar-refractivity contribution is -0.898. The number of halogens is 2. The second-order valence-corrected chi connectivity index (χ2v) is 8.87. The minimum atomic E-state index is -3.72. The summed E-state index contributed by atoms with van der Waals surface area (Å²) < 4.78 is 28.2. The van der Waals surface area contributed by atoms with Crippen molar-refractivity contribution in [3.05, 3.63) is 52.5 Å². The SMILES string of the molecule is CC[NH+]1CCN(c2ccc(Cl)cc2NS(=O)(=O)c2ccc(Cl)cc2)CC1. The highest BCUT2D eigenvalue weighted by Gasteiger charge is 2.23. The first-order valence-electron chi connectivity index (χ1n) is 8.55. The maximum Gasteiger partial charge on any atom is 0.261 e. The average molecular weight is 415 g/mol. The van der Waals surface area contributed by atoms with Crippen LogP contribution in [0.3, 0.4) is 0 Å². The molecular weight excluding hydrogens is 393 g/mol. The van der Waals surface area contributed by atoms with Gasteiger partial charge in [0.05, 0.1) is 49.0 Å². The number of benzene rings is 2. The van der Waals surface area contributed by atoms with Gasteiger partial charge >= 0.3 is 0 Å². The molecule has 5 nitrogen and oxygen atoms in total. The van der Waals surface area contributed by atoms with Gasteiger partial charge in [0.15, 0.2) is 0 Å². The highest BCUT2D eigenvalue weighted by molar-refractivity contribution is 7.92. The maximum atomic E-state index is 12.7. The Balaban J connectivity index is 1.87. The first-order valence-corrected chi connectivity index (χ1v) is 10.8. The number of likely N-dealkylation sites (N-methyl/N-ethyl adjacent to an activating group) is 1. The molecule has 1 heterocycles. The van der Waals surface area contributed by atoms with Gasteiger partial charge in [-0.3, -0.25) is 4.72 Å². The smallest absolute Gasteiger partial charge is 0.261 e. The van der Waals surface area contributed by atoms with Gasteiger partial charge in [0.25, 0.3) is 10.0 Å². The van der Waals surface area contributed by atoms with Crippen LogP contribution in [0.5, 0.6) is 0 Å². The second kappa shape index (κ2) is 8.05. The van der Waals surface area contributed by atoms with Gasteiger partial charge < -0.3 is 9.80 Å². The lowest BCUT2D eigenvalue weighted by atomic mass is 10.2. The van der Waals surface area contributed by atoms with Crippen LogP contribution in [0.2, 0.25) is 10.0 Å². The van der Waals surface area contributed by atoms with Crippen LogP contribution < -0.4 is 14.5 Å². The molecule has 0 spiro atoms. The minimum absolute atomic E-state index is 0.160. The van der Waals surface area contributed by atoms with Crippen molar-refractivity contribution in [2.45, 2.75) is 11.8 Å². The maximum absolute atomic E-state index is 12.7. The fourth-order valence-corrected chi connectivity index (χ4v) is 4.46. The van der Waals surface area contributed by atoms with Crippen molar-refractivity contribution in [1.82, 2.24) is 0 Å². The minimum Gasteiger partial charge on any atom is -0.359 e. The Labute approximate surface area is 164 Å². The van der Waals surface area contributed by atoms with E-state index < -0.39 is 10.0 Å². The van der Waals surface area contributed by atoms with Crippen LogP contribution in [0.25, 0.3) is 0 Å². The molecule has 8 heteroatoms. The van der Waals surface area contributed by atoms with E-state index in [1.165, 1.54) is 12.1 Å². The Morgan fingerprint density at radius 3 is 2.27 bits per heavy atom. The van der Waals surface area contributed by atoms with Crippen molar-refractivity contribution in [2.24, 2.45) is 0 Å². The first kappa shape index (κ1) is 19.3. The Morgan fingerprint density at radius 2 is 1.65 bits per heavy atom. The topological polar surface area (TPSA) is 53.9 Å². The number of nitrogens with one attached hydrogen (secondary N) is 2. The van der Waals surface area contributed by atoms with Crippen LogP contribution in [-0.2, 0) is 10.0 Å². The Kier molecular flexibility index (Phi) is 5.97. The third-order valence-corrected chi connectivity index (χ3v) is 6.51. The third-order valence-electron chi connectivity index (χ3n) is 4.64. The second-order valence-electron chi connectivity index (χ2n) is 6.31. The van der Waals surface area contributed by atoms with E-state index in [1.54, 1.807) is 29.2 Å². The van der Waals surface area contributed by atoms with Gasteiger partial charge in [-0.1, -0.05) is 23.2 Å². The number of quaternary nitrogens is 1. The van der Waals surface area contributed by atoms with Crippen molar-refractivity contribution in [3.8, 4) is 0 Å². The zero-order valence-corrected chi connectivity index (χ0v) is 16.8. The van der Waals surface area contributed by atoms with Crippen molar-refractivity contribution in [2.75, 3.05) is 42.3 Å². The van der Waals surface area contributed by atoms with Gasteiger partial charge in [-0.15, -0.1) is 0 Å². The van der Waals surface area contributed by atoms with E-state index in [0.29, 0.717) is 15.7 Å². The molecule has 2 aromatic carbocycles. The van der Waals surface area contributed by atoms with E-state index in [-0.39, 0.29) is 4.90 Å². The molecule has 0 bridgehead atoms. The predicted molar refractivity (Wildman–Crippen MR) is 107 cm³/mol. The summed E-state index contributed by atoms with van der Waals surface area (Å²) >= 11 is 12.0. The van der Waals surface area contributed by atoms with Gasteiger partial charge in [0.2, 0.25) is 0 Å². The summed E-state index contributed by atoms with van der Waals surface area (Å²) in [4.78, 5) is 3.92. The number of rotatable bonds is 5. The summed E-state index contributed by atoms with van der Waals surface area (Å²) in [6, 6.07) is 11.4. The lowest BCUT2D eigenvalue weighted by Gasteiger charge is -2.34. The summed E-state index contributed by atoms with van der Waals surface area (Å²) in [6.45, 7) is 7.09. The summed E-state index contributed by atoms with van der Waals surface area (Å²) in [5.41, 5.74) is 1.34. The molecule has 0 amide bonds. The normalized spacial score (nSPS) is 15.9. The number of anilines is 2. The van der Waals surface area contributed by atoms with Crippen LogP contribution in [0.15, 0.2) is 47.4 Å².